The molecule has 1 aliphatic heterocycles. The summed E-state index contributed by atoms with van der Waals surface area (Å²) in [5.74, 6) is 0.483. The van der Waals surface area contributed by atoms with Crippen LogP contribution in [0.2, 0.25) is 10.0 Å². The van der Waals surface area contributed by atoms with Crippen molar-refractivity contribution in [2.45, 2.75) is 43.0 Å². The molecule has 0 radical (unpaired) electrons. The van der Waals surface area contributed by atoms with Crippen molar-refractivity contribution in [2.75, 3.05) is 12.3 Å². The van der Waals surface area contributed by atoms with Crippen LogP contribution in [0.15, 0.2) is 17.0 Å². The minimum Gasteiger partial charge on any atom is -0.396 e. The summed E-state index contributed by atoms with van der Waals surface area (Å²) in [6.07, 6.45) is 5.17. The van der Waals surface area contributed by atoms with E-state index in [9.17, 15) is 8.42 Å². The van der Waals surface area contributed by atoms with Crippen LogP contribution < -0.4 is 5.73 Å². The Morgan fingerprint density at radius 3 is 2.62 bits per heavy atom. The van der Waals surface area contributed by atoms with Gasteiger partial charge in [-0.3, -0.25) is 0 Å². The van der Waals surface area contributed by atoms with E-state index in [0.29, 0.717) is 12.5 Å². The number of nitrogens with two attached hydrogens (primary N) is 1. The van der Waals surface area contributed by atoms with Crippen LogP contribution in [0.25, 0.3) is 0 Å². The molecule has 0 spiro atoms. The molecule has 1 aromatic rings. The van der Waals surface area contributed by atoms with Gasteiger partial charge in [0.25, 0.3) is 0 Å². The third-order valence-electron chi connectivity index (χ3n) is 4.62. The molecule has 2 N–H and O–H groups in total. The fourth-order valence-corrected chi connectivity index (χ4v) is 6.08. The Labute approximate surface area is 135 Å². The number of hydrogen-bond donors (Lipinski definition) is 1. The number of halogens is 2. The Morgan fingerprint density at radius 2 is 1.86 bits per heavy atom. The quantitative estimate of drug-likeness (QED) is 0.831. The first-order chi connectivity index (χ1) is 9.93. The SMILES string of the molecule is Nc1c(Cl)ccc(S(=O)(=O)N2CCCC3CCCC32)c1Cl. The van der Waals surface area contributed by atoms with E-state index in [1.165, 1.54) is 12.1 Å². The zero-order chi connectivity index (χ0) is 15.2. The third kappa shape index (κ3) is 2.54. The van der Waals surface area contributed by atoms with Gasteiger partial charge in [0.2, 0.25) is 10.0 Å². The second kappa shape index (κ2) is 5.61. The van der Waals surface area contributed by atoms with Gasteiger partial charge in [0.1, 0.15) is 4.90 Å². The van der Waals surface area contributed by atoms with Crippen molar-refractivity contribution < 1.29 is 8.42 Å². The first-order valence-electron chi connectivity index (χ1n) is 7.18. The molecule has 1 aliphatic carbocycles. The largest absolute Gasteiger partial charge is 0.396 e. The maximum Gasteiger partial charge on any atom is 0.244 e. The van der Waals surface area contributed by atoms with Crippen LogP contribution in [-0.4, -0.2) is 25.3 Å². The zero-order valence-corrected chi connectivity index (χ0v) is 13.9. The highest BCUT2D eigenvalue weighted by atomic mass is 35.5. The Bertz CT molecular complexity index is 663. The van der Waals surface area contributed by atoms with Gasteiger partial charge in [0.15, 0.2) is 0 Å². The fraction of sp³-hybridized carbons (Fsp3) is 0.571. The van der Waals surface area contributed by atoms with Crippen molar-refractivity contribution >= 4 is 38.9 Å². The van der Waals surface area contributed by atoms with Crippen LogP contribution >= 0.6 is 23.2 Å². The zero-order valence-electron chi connectivity index (χ0n) is 11.6. The fourth-order valence-electron chi connectivity index (χ4n) is 3.58. The first kappa shape index (κ1) is 15.4. The Morgan fingerprint density at radius 1 is 1.14 bits per heavy atom. The topological polar surface area (TPSA) is 63.4 Å². The van der Waals surface area contributed by atoms with Crippen molar-refractivity contribution in [1.29, 1.82) is 0 Å². The lowest BCUT2D eigenvalue weighted by molar-refractivity contribution is 0.202. The number of hydrogen-bond acceptors (Lipinski definition) is 3. The summed E-state index contributed by atoms with van der Waals surface area (Å²) in [5, 5.41) is 0.305. The molecular weight excluding hydrogens is 331 g/mol. The monoisotopic (exact) mass is 348 g/mol. The van der Waals surface area contributed by atoms with Crippen LogP contribution in [0.1, 0.15) is 32.1 Å². The van der Waals surface area contributed by atoms with E-state index in [1.807, 2.05) is 0 Å². The van der Waals surface area contributed by atoms with Gasteiger partial charge in [0.05, 0.1) is 15.7 Å². The summed E-state index contributed by atoms with van der Waals surface area (Å²) >= 11 is 12.0. The average Bonchev–Trinajstić information content (AvgIpc) is 2.92. The van der Waals surface area contributed by atoms with E-state index in [1.54, 1.807) is 4.31 Å². The van der Waals surface area contributed by atoms with E-state index in [-0.39, 0.29) is 26.7 Å². The smallest absolute Gasteiger partial charge is 0.244 e. The van der Waals surface area contributed by atoms with Crippen molar-refractivity contribution in [2.24, 2.45) is 5.92 Å². The van der Waals surface area contributed by atoms with E-state index in [0.717, 1.165) is 32.1 Å². The summed E-state index contributed by atoms with van der Waals surface area (Å²) in [5.41, 5.74) is 5.89. The van der Waals surface area contributed by atoms with E-state index in [2.05, 4.69) is 0 Å². The Hall–Kier alpha value is -0.490. The van der Waals surface area contributed by atoms with Crippen LogP contribution in [0.5, 0.6) is 0 Å². The molecule has 2 atom stereocenters. The number of rotatable bonds is 2. The van der Waals surface area contributed by atoms with Gasteiger partial charge < -0.3 is 5.73 Å². The van der Waals surface area contributed by atoms with Crippen molar-refractivity contribution in [3.63, 3.8) is 0 Å². The van der Waals surface area contributed by atoms with Crippen LogP contribution in [0, 0.1) is 5.92 Å². The van der Waals surface area contributed by atoms with Gasteiger partial charge >= 0.3 is 0 Å². The number of nitrogen functional groups attached to an aromatic ring is 1. The highest BCUT2D eigenvalue weighted by molar-refractivity contribution is 7.89. The molecule has 116 valence electrons. The van der Waals surface area contributed by atoms with E-state index >= 15 is 0 Å². The average molecular weight is 349 g/mol. The molecule has 1 saturated carbocycles. The third-order valence-corrected chi connectivity index (χ3v) is 7.44. The van der Waals surface area contributed by atoms with Gasteiger partial charge in [-0.05, 0) is 43.7 Å². The Balaban J connectivity index is 2.02. The molecule has 2 fully saturated rings. The van der Waals surface area contributed by atoms with Gasteiger partial charge in [-0.1, -0.05) is 29.6 Å². The summed E-state index contributed by atoms with van der Waals surface area (Å²) in [6, 6.07) is 3.05. The molecule has 7 heteroatoms. The van der Waals surface area contributed by atoms with Gasteiger partial charge in [-0.15, -0.1) is 0 Å². The number of nitrogens with zero attached hydrogens (tertiary/aromatic N) is 1. The minimum atomic E-state index is -3.62. The summed E-state index contributed by atoms with van der Waals surface area (Å²) < 4.78 is 27.5. The van der Waals surface area contributed by atoms with E-state index in [4.69, 9.17) is 28.9 Å². The second-order valence-electron chi connectivity index (χ2n) is 5.79. The number of anilines is 1. The molecular formula is C14H18Cl2N2O2S. The summed E-state index contributed by atoms with van der Waals surface area (Å²) in [4.78, 5) is 0.0682. The lowest BCUT2D eigenvalue weighted by Gasteiger charge is -2.36. The first-order valence-corrected chi connectivity index (χ1v) is 9.38. The van der Waals surface area contributed by atoms with Crippen LogP contribution in [0.3, 0.4) is 0 Å². The lowest BCUT2D eigenvalue weighted by atomic mass is 9.94. The molecule has 3 rings (SSSR count). The van der Waals surface area contributed by atoms with Crippen molar-refractivity contribution in [3.05, 3.63) is 22.2 Å². The molecule has 1 heterocycles. The maximum absolute atomic E-state index is 13.0. The number of sulfonamides is 1. The molecule has 0 aromatic heterocycles. The molecule has 0 bridgehead atoms. The summed E-state index contributed by atoms with van der Waals surface area (Å²) in [7, 11) is -3.62. The molecule has 1 saturated heterocycles. The van der Waals surface area contributed by atoms with Crippen LogP contribution in [-0.2, 0) is 10.0 Å². The Kier molecular flexibility index (Phi) is 4.12. The van der Waals surface area contributed by atoms with Gasteiger partial charge in [-0.25, -0.2) is 8.42 Å². The number of fused-ring (bicyclic) bond motifs is 1. The highest BCUT2D eigenvalue weighted by Crippen LogP contribution is 2.41. The number of piperidine rings is 1. The molecule has 4 nitrogen and oxygen atoms in total. The van der Waals surface area contributed by atoms with Crippen molar-refractivity contribution in [1.82, 2.24) is 4.31 Å². The predicted octanol–water partition coefficient (Wildman–Crippen LogP) is 3.53. The molecule has 0 amide bonds. The predicted molar refractivity (Wildman–Crippen MR) is 85.1 cm³/mol. The molecule has 1 aromatic carbocycles. The van der Waals surface area contributed by atoms with Gasteiger partial charge in [0, 0.05) is 12.6 Å². The summed E-state index contributed by atoms with van der Waals surface area (Å²) in [6.45, 7) is 0.558. The molecule has 2 aliphatic rings. The maximum atomic E-state index is 13.0. The lowest BCUT2D eigenvalue weighted by Crippen LogP contribution is -2.46. The minimum absolute atomic E-state index is 0.0302. The molecule has 21 heavy (non-hydrogen) atoms. The van der Waals surface area contributed by atoms with Crippen LogP contribution in [0.4, 0.5) is 5.69 Å². The second-order valence-corrected chi connectivity index (χ2v) is 8.43. The number of benzene rings is 1. The van der Waals surface area contributed by atoms with E-state index < -0.39 is 10.0 Å². The highest BCUT2D eigenvalue weighted by Gasteiger charge is 2.42. The standard InChI is InChI=1S/C14H18Cl2N2O2S/c15-10-6-7-12(13(16)14(10)17)21(19,20)18-8-2-4-9-3-1-5-11(9)18/h6-7,9,11H,1-5,8,17H2. The molecule has 2 unspecified atom stereocenters. The van der Waals surface area contributed by atoms with Gasteiger partial charge in [-0.2, -0.15) is 4.31 Å². The van der Waals surface area contributed by atoms with Crippen molar-refractivity contribution in [3.8, 4) is 0 Å². The normalized spacial score (nSPS) is 26.8.